The largest absolute Gasteiger partial charge is 0.294 e. The number of benzene rings is 2. The summed E-state index contributed by atoms with van der Waals surface area (Å²) in [5.74, 6) is 0.250. The molecule has 2 aromatic carbocycles. The topological polar surface area (TPSA) is 17.1 Å². The van der Waals surface area contributed by atoms with E-state index in [0.717, 1.165) is 5.56 Å². The van der Waals surface area contributed by atoms with Gasteiger partial charge < -0.3 is 0 Å². The maximum absolute atomic E-state index is 12.6. The number of Topliss-reactive ketones (excluding diaryl/α,β-unsaturated/α-hetero) is 1. The number of hydrogen-bond acceptors (Lipinski definition) is 2. The number of thioether (sulfide) groups is 1. The van der Waals surface area contributed by atoms with Gasteiger partial charge in [0.1, 0.15) is 0 Å². The number of hydrogen-bond donors (Lipinski definition) is 0. The number of ketones is 1. The molecular weight excluding hydrogens is 288 g/mol. The fourth-order valence-corrected chi connectivity index (χ4v) is 4.71. The van der Waals surface area contributed by atoms with Gasteiger partial charge in [-0.25, -0.2) is 0 Å². The van der Waals surface area contributed by atoms with Crippen molar-refractivity contribution in [2.24, 2.45) is 0 Å². The van der Waals surface area contributed by atoms with Crippen LogP contribution in [0.2, 0.25) is 0 Å². The molecule has 0 amide bonds. The van der Waals surface area contributed by atoms with E-state index in [4.69, 9.17) is 0 Å². The zero-order valence-corrected chi connectivity index (χ0v) is 13.6. The van der Waals surface area contributed by atoms with Crippen molar-refractivity contribution in [3.05, 3.63) is 71.8 Å². The van der Waals surface area contributed by atoms with Gasteiger partial charge >= 0.3 is 0 Å². The average Bonchev–Trinajstić information content (AvgIpc) is 3.09. The van der Waals surface area contributed by atoms with E-state index in [-0.39, 0.29) is 11.0 Å². The molecule has 0 saturated heterocycles. The summed E-state index contributed by atoms with van der Waals surface area (Å²) in [6.45, 7) is 0. The molecule has 22 heavy (non-hydrogen) atoms. The normalized spacial score (nSPS) is 16.5. The molecule has 3 rings (SSSR count). The van der Waals surface area contributed by atoms with Crippen LogP contribution in [0.25, 0.3) is 0 Å². The van der Waals surface area contributed by atoms with E-state index in [1.165, 1.54) is 31.2 Å². The van der Waals surface area contributed by atoms with Gasteiger partial charge in [-0.15, -0.1) is 11.8 Å². The van der Waals surface area contributed by atoms with Crippen LogP contribution in [-0.4, -0.2) is 11.0 Å². The second-order valence-corrected chi connectivity index (χ2v) is 7.44. The minimum absolute atomic E-state index is 0.250. The van der Waals surface area contributed by atoms with Crippen LogP contribution >= 0.6 is 11.8 Å². The number of rotatable bonds is 6. The van der Waals surface area contributed by atoms with E-state index >= 15 is 0 Å². The van der Waals surface area contributed by atoms with Crippen molar-refractivity contribution >= 4 is 17.5 Å². The maximum atomic E-state index is 12.6. The Morgan fingerprint density at radius 3 is 2.18 bits per heavy atom. The summed E-state index contributed by atoms with van der Waals surface area (Å²) in [5, 5.41) is 0.991. The van der Waals surface area contributed by atoms with Crippen LogP contribution in [0.1, 0.15) is 53.3 Å². The van der Waals surface area contributed by atoms with E-state index in [1.807, 2.05) is 48.2 Å². The highest BCUT2D eigenvalue weighted by Gasteiger charge is 2.24. The lowest BCUT2D eigenvalue weighted by Crippen LogP contribution is -2.08. The van der Waals surface area contributed by atoms with E-state index in [0.29, 0.717) is 11.7 Å². The highest BCUT2D eigenvalue weighted by Crippen LogP contribution is 2.41. The van der Waals surface area contributed by atoms with Gasteiger partial charge in [-0.3, -0.25) is 4.79 Å². The van der Waals surface area contributed by atoms with Crippen LogP contribution in [0.3, 0.4) is 0 Å². The highest BCUT2D eigenvalue weighted by molar-refractivity contribution is 8.00. The van der Waals surface area contributed by atoms with Crippen LogP contribution in [-0.2, 0) is 0 Å². The van der Waals surface area contributed by atoms with Gasteiger partial charge in [0.15, 0.2) is 5.78 Å². The monoisotopic (exact) mass is 310 g/mol. The molecule has 1 fully saturated rings. The van der Waals surface area contributed by atoms with Crippen molar-refractivity contribution in [1.82, 2.24) is 0 Å². The van der Waals surface area contributed by atoms with Gasteiger partial charge in [0.2, 0.25) is 0 Å². The lowest BCUT2D eigenvalue weighted by molar-refractivity contribution is 0.0982. The Hall–Kier alpha value is -1.54. The van der Waals surface area contributed by atoms with Crippen molar-refractivity contribution in [1.29, 1.82) is 0 Å². The van der Waals surface area contributed by atoms with Crippen molar-refractivity contribution in [3.63, 3.8) is 0 Å². The minimum atomic E-state index is 0.250. The van der Waals surface area contributed by atoms with Gasteiger partial charge in [-0.05, 0) is 18.4 Å². The zero-order valence-electron chi connectivity index (χ0n) is 12.8. The van der Waals surface area contributed by atoms with Crippen molar-refractivity contribution < 1.29 is 4.79 Å². The standard InChI is InChI=1S/C20H22OS/c21-19(16-9-3-1-4-10-16)15-20(17-11-5-2-6-12-17)22-18-13-7-8-14-18/h1-6,9-12,18,20H,7-8,13-15H2/t20-/m1/s1. The predicted molar refractivity (Wildman–Crippen MR) is 94.4 cm³/mol. The Bertz CT molecular complexity index is 588. The van der Waals surface area contributed by atoms with E-state index in [2.05, 4.69) is 24.3 Å². The number of carbonyl (C=O) groups excluding carboxylic acids is 1. The van der Waals surface area contributed by atoms with Crippen molar-refractivity contribution in [3.8, 4) is 0 Å². The van der Waals surface area contributed by atoms with Crippen LogP contribution in [0.4, 0.5) is 0 Å². The summed E-state index contributed by atoms with van der Waals surface area (Å²) in [7, 11) is 0. The van der Waals surface area contributed by atoms with Gasteiger partial charge in [0.05, 0.1) is 0 Å². The molecule has 0 heterocycles. The second kappa shape index (κ2) is 7.64. The SMILES string of the molecule is O=C(C[C@@H](SC1CCCC1)c1ccccc1)c1ccccc1. The molecule has 0 bridgehead atoms. The fourth-order valence-electron chi connectivity index (χ4n) is 3.08. The molecule has 0 N–H and O–H groups in total. The summed E-state index contributed by atoms with van der Waals surface area (Å²) in [6, 6.07) is 20.2. The molecule has 1 aliphatic rings. The first kappa shape index (κ1) is 15.4. The van der Waals surface area contributed by atoms with Crippen LogP contribution in [0.15, 0.2) is 60.7 Å². The van der Waals surface area contributed by atoms with Gasteiger partial charge in [-0.2, -0.15) is 0 Å². The Kier molecular flexibility index (Phi) is 5.33. The molecule has 2 aromatic rings. The summed E-state index contributed by atoms with van der Waals surface area (Å²) in [6.07, 6.45) is 5.87. The molecular formula is C20H22OS. The molecule has 0 spiro atoms. The third kappa shape index (κ3) is 4.01. The van der Waals surface area contributed by atoms with Crippen molar-refractivity contribution in [2.45, 2.75) is 42.6 Å². The van der Waals surface area contributed by atoms with Gasteiger partial charge in [0.25, 0.3) is 0 Å². The third-order valence-electron chi connectivity index (χ3n) is 4.30. The van der Waals surface area contributed by atoms with Crippen LogP contribution in [0, 0.1) is 0 Å². The second-order valence-electron chi connectivity index (χ2n) is 5.94. The first-order valence-electron chi connectivity index (χ1n) is 8.11. The van der Waals surface area contributed by atoms with Crippen LogP contribution < -0.4 is 0 Å². The first-order chi connectivity index (χ1) is 10.8. The molecule has 0 aliphatic heterocycles. The fraction of sp³-hybridized carbons (Fsp3) is 0.350. The van der Waals surface area contributed by atoms with E-state index < -0.39 is 0 Å². The van der Waals surface area contributed by atoms with Gasteiger partial charge in [-0.1, -0.05) is 73.5 Å². The molecule has 1 nitrogen and oxygen atoms in total. The summed E-state index contributed by atoms with van der Waals surface area (Å²) in [4.78, 5) is 12.6. The highest BCUT2D eigenvalue weighted by atomic mass is 32.2. The van der Waals surface area contributed by atoms with Gasteiger partial charge in [0, 0.05) is 22.5 Å². The summed E-state index contributed by atoms with van der Waals surface area (Å²) in [5.41, 5.74) is 2.11. The predicted octanol–water partition coefficient (Wildman–Crippen LogP) is 5.68. The number of carbonyl (C=O) groups is 1. The minimum Gasteiger partial charge on any atom is -0.294 e. The Morgan fingerprint density at radius 1 is 0.955 bits per heavy atom. The Morgan fingerprint density at radius 2 is 1.55 bits per heavy atom. The zero-order chi connectivity index (χ0) is 15.2. The molecule has 0 unspecified atom stereocenters. The van der Waals surface area contributed by atoms with Crippen LogP contribution in [0.5, 0.6) is 0 Å². The quantitative estimate of drug-likeness (QED) is 0.639. The third-order valence-corrected chi connectivity index (χ3v) is 5.92. The molecule has 1 atom stereocenters. The lowest BCUT2D eigenvalue weighted by Gasteiger charge is -2.20. The van der Waals surface area contributed by atoms with Crippen molar-refractivity contribution in [2.75, 3.05) is 0 Å². The molecule has 0 radical (unpaired) electrons. The molecule has 1 saturated carbocycles. The first-order valence-corrected chi connectivity index (χ1v) is 9.06. The smallest absolute Gasteiger partial charge is 0.164 e. The van der Waals surface area contributed by atoms with E-state index in [1.54, 1.807) is 0 Å². The molecule has 114 valence electrons. The molecule has 1 aliphatic carbocycles. The average molecular weight is 310 g/mol. The maximum Gasteiger partial charge on any atom is 0.164 e. The molecule has 2 heteroatoms. The van der Waals surface area contributed by atoms with E-state index in [9.17, 15) is 4.79 Å². The lowest BCUT2D eigenvalue weighted by atomic mass is 10.0. The molecule has 0 aromatic heterocycles. The Balaban J connectivity index is 1.74. The Labute approximate surface area is 137 Å². The summed E-state index contributed by atoms with van der Waals surface area (Å²) < 4.78 is 0. The summed E-state index contributed by atoms with van der Waals surface area (Å²) >= 11 is 2.01.